The van der Waals surface area contributed by atoms with Crippen LogP contribution in [-0.2, 0) is 32.5 Å². The Morgan fingerprint density at radius 1 is 1.21 bits per heavy atom. The quantitative estimate of drug-likeness (QED) is 0.846. The molecule has 1 aliphatic heterocycles. The van der Waals surface area contributed by atoms with E-state index in [-0.39, 0.29) is 0 Å². The van der Waals surface area contributed by atoms with E-state index in [1.165, 1.54) is 17.0 Å². The van der Waals surface area contributed by atoms with E-state index in [2.05, 4.69) is 47.1 Å². The van der Waals surface area contributed by atoms with E-state index in [1.807, 2.05) is 18.7 Å². The second-order valence-electron chi connectivity index (χ2n) is 7.95. The van der Waals surface area contributed by atoms with Gasteiger partial charge in [-0.15, -0.1) is 0 Å². The maximum atomic E-state index is 4.83. The lowest BCUT2D eigenvalue weighted by Gasteiger charge is -2.28. The van der Waals surface area contributed by atoms with Crippen LogP contribution in [0.2, 0.25) is 0 Å². The average Bonchev–Trinajstić information content (AvgIpc) is 2.99. The highest BCUT2D eigenvalue weighted by molar-refractivity contribution is 5.21. The third-order valence-corrected chi connectivity index (χ3v) is 4.69. The lowest BCUT2D eigenvalue weighted by atomic mass is 9.90. The first kappa shape index (κ1) is 17.1. The lowest BCUT2D eigenvalue weighted by molar-refractivity contribution is 0.236. The highest BCUT2D eigenvalue weighted by atomic mass is 15.2. The number of imidazole rings is 1. The Labute approximate surface area is 145 Å². The fourth-order valence-electron chi connectivity index (χ4n) is 3.15. The zero-order valence-corrected chi connectivity index (χ0v) is 15.4. The van der Waals surface area contributed by atoms with E-state index < -0.39 is 0 Å². The molecule has 0 spiro atoms. The Balaban J connectivity index is 1.64. The molecular weight excluding hydrogens is 298 g/mol. The van der Waals surface area contributed by atoms with E-state index in [0.717, 1.165) is 51.3 Å². The summed E-state index contributed by atoms with van der Waals surface area (Å²) in [6.07, 6.45) is 9.04. The Morgan fingerprint density at radius 3 is 2.79 bits per heavy atom. The van der Waals surface area contributed by atoms with Gasteiger partial charge in [-0.2, -0.15) is 0 Å². The maximum Gasteiger partial charge on any atom is 0.128 e. The van der Waals surface area contributed by atoms with Gasteiger partial charge >= 0.3 is 0 Å². The highest BCUT2D eigenvalue weighted by Gasteiger charge is 2.20. The molecule has 0 atom stereocenters. The predicted molar refractivity (Wildman–Crippen MR) is 95.5 cm³/mol. The summed E-state index contributed by atoms with van der Waals surface area (Å²) in [7, 11) is 0. The van der Waals surface area contributed by atoms with Crippen molar-refractivity contribution in [1.29, 1.82) is 0 Å². The number of hydrogen-bond acceptors (Lipinski definition) is 4. The molecule has 0 aliphatic carbocycles. The van der Waals surface area contributed by atoms with Gasteiger partial charge < -0.3 is 4.57 Å². The Hall–Kier alpha value is -1.75. The van der Waals surface area contributed by atoms with Crippen molar-refractivity contribution in [3.63, 3.8) is 0 Å². The second kappa shape index (κ2) is 7.01. The standard InChI is InChI=1S/C19H29N5/c1-5-24-14-20-11-16(24)13-23-9-7-17-15(12-23)10-21-18(22-17)6-8-19(2,3)4/h10-11,14H,5-9,12-13H2,1-4H3. The summed E-state index contributed by atoms with van der Waals surface area (Å²) in [5.74, 6) is 1.00. The van der Waals surface area contributed by atoms with Gasteiger partial charge in [-0.1, -0.05) is 20.8 Å². The molecule has 0 fully saturated rings. The topological polar surface area (TPSA) is 46.8 Å². The molecule has 0 saturated carbocycles. The number of aryl methyl sites for hydroxylation is 2. The molecular formula is C19H29N5. The number of aromatic nitrogens is 4. The number of rotatable bonds is 5. The summed E-state index contributed by atoms with van der Waals surface area (Å²) in [5.41, 5.74) is 4.14. The molecule has 0 unspecified atom stereocenters. The molecule has 24 heavy (non-hydrogen) atoms. The molecule has 0 amide bonds. The minimum atomic E-state index is 0.332. The van der Waals surface area contributed by atoms with E-state index in [4.69, 9.17) is 4.98 Å². The van der Waals surface area contributed by atoms with Crippen molar-refractivity contribution in [1.82, 2.24) is 24.4 Å². The van der Waals surface area contributed by atoms with Gasteiger partial charge in [0.2, 0.25) is 0 Å². The van der Waals surface area contributed by atoms with Gasteiger partial charge in [0.25, 0.3) is 0 Å². The third-order valence-electron chi connectivity index (χ3n) is 4.69. The Bertz CT molecular complexity index is 683. The molecule has 0 saturated heterocycles. The van der Waals surface area contributed by atoms with Crippen molar-refractivity contribution in [3.05, 3.63) is 41.5 Å². The first-order valence-electron chi connectivity index (χ1n) is 8.99. The van der Waals surface area contributed by atoms with Gasteiger partial charge in [0.1, 0.15) is 5.82 Å². The van der Waals surface area contributed by atoms with Crippen molar-refractivity contribution in [2.75, 3.05) is 6.54 Å². The molecule has 5 nitrogen and oxygen atoms in total. The van der Waals surface area contributed by atoms with Crippen LogP contribution in [0.4, 0.5) is 0 Å². The fourth-order valence-corrected chi connectivity index (χ4v) is 3.15. The van der Waals surface area contributed by atoms with Crippen molar-refractivity contribution < 1.29 is 0 Å². The molecule has 0 aromatic carbocycles. The molecule has 5 heteroatoms. The Kier molecular flexibility index (Phi) is 4.99. The fraction of sp³-hybridized carbons (Fsp3) is 0.632. The SMILES string of the molecule is CCn1cncc1CN1CCc2nc(CCC(C)(C)C)ncc2C1. The van der Waals surface area contributed by atoms with E-state index >= 15 is 0 Å². The molecule has 3 heterocycles. The van der Waals surface area contributed by atoms with E-state index in [1.54, 1.807) is 0 Å². The monoisotopic (exact) mass is 327 g/mol. The zero-order valence-electron chi connectivity index (χ0n) is 15.4. The normalized spacial score (nSPS) is 15.5. The summed E-state index contributed by atoms with van der Waals surface area (Å²) in [6, 6.07) is 0. The highest BCUT2D eigenvalue weighted by Crippen LogP contribution is 2.22. The zero-order chi connectivity index (χ0) is 17.2. The molecule has 130 valence electrons. The van der Waals surface area contributed by atoms with Crippen LogP contribution in [-0.4, -0.2) is 31.0 Å². The minimum Gasteiger partial charge on any atom is -0.334 e. The van der Waals surface area contributed by atoms with Crippen LogP contribution < -0.4 is 0 Å². The number of fused-ring (bicyclic) bond motifs is 1. The molecule has 2 aromatic heterocycles. The smallest absolute Gasteiger partial charge is 0.128 e. The van der Waals surface area contributed by atoms with Gasteiger partial charge in [-0.05, 0) is 18.8 Å². The van der Waals surface area contributed by atoms with Gasteiger partial charge in [0, 0.05) is 62.7 Å². The maximum absolute atomic E-state index is 4.83. The summed E-state index contributed by atoms with van der Waals surface area (Å²) in [5, 5.41) is 0. The summed E-state index contributed by atoms with van der Waals surface area (Å²) < 4.78 is 2.21. The van der Waals surface area contributed by atoms with Gasteiger partial charge in [-0.3, -0.25) is 4.90 Å². The van der Waals surface area contributed by atoms with Gasteiger partial charge in [0.15, 0.2) is 0 Å². The van der Waals surface area contributed by atoms with Crippen molar-refractivity contribution in [3.8, 4) is 0 Å². The molecule has 0 bridgehead atoms. The minimum absolute atomic E-state index is 0.332. The number of hydrogen-bond donors (Lipinski definition) is 0. The van der Waals surface area contributed by atoms with Crippen LogP contribution in [0.15, 0.2) is 18.7 Å². The van der Waals surface area contributed by atoms with Crippen molar-refractivity contribution >= 4 is 0 Å². The van der Waals surface area contributed by atoms with Crippen molar-refractivity contribution in [2.45, 2.75) is 66.6 Å². The lowest BCUT2D eigenvalue weighted by Crippen LogP contribution is -2.31. The molecule has 1 aliphatic rings. The van der Waals surface area contributed by atoms with Crippen LogP contribution >= 0.6 is 0 Å². The van der Waals surface area contributed by atoms with Crippen LogP contribution in [0.25, 0.3) is 0 Å². The Morgan fingerprint density at radius 2 is 2.04 bits per heavy atom. The molecule has 0 radical (unpaired) electrons. The van der Waals surface area contributed by atoms with Crippen molar-refractivity contribution in [2.24, 2.45) is 5.41 Å². The predicted octanol–water partition coefficient (Wildman–Crippen LogP) is 3.23. The van der Waals surface area contributed by atoms with Crippen LogP contribution in [0.5, 0.6) is 0 Å². The van der Waals surface area contributed by atoms with Gasteiger partial charge in [0.05, 0.1) is 12.0 Å². The van der Waals surface area contributed by atoms with E-state index in [9.17, 15) is 0 Å². The molecule has 3 rings (SSSR count). The number of nitrogens with zero attached hydrogens (tertiary/aromatic N) is 5. The van der Waals surface area contributed by atoms with Crippen LogP contribution in [0, 0.1) is 5.41 Å². The molecule has 0 N–H and O–H groups in total. The third kappa shape index (κ3) is 4.20. The first-order valence-corrected chi connectivity index (χ1v) is 8.99. The van der Waals surface area contributed by atoms with Crippen LogP contribution in [0.3, 0.4) is 0 Å². The average molecular weight is 327 g/mol. The van der Waals surface area contributed by atoms with Crippen LogP contribution in [0.1, 0.15) is 56.9 Å². The summed E-state index contributed by atoms with van der Waals surface area (Å²) in [4.78, 5) is 16.2. The largest absolute Gasteiger partial charge is 0.334 e. The van der Waals surface area contributed by atoms with Gasteiger partial charge in [-0.25, -0.2) is 15.0 Å². The summed E-state index contributed by atoms with van der Waals surface area (Å²) >= 11 is 0. The summed E-state index contributed by atoms with van der Waals surface area (Å²) in [6.45, 7) is 12.9. The molecule has 2 aromatic rings. The second-order valence-corrected chi connectivity index (χ2v) is 7.95. The van der Waals surface area contributed by atoms with E-state index in [0.29, 0.717) is 5.41 Å². The first-order chi connectivity index (χ1) is 11.4.